The summed E-state index contributed by atoms with van der Waals surface area (Å²) in [6, 6.07) is 5.28. The van der Waals surface area contributed by atoms with Gasteiger partial charge in [0.05, 0.1) is 12.1 Å². The van der Waals surface area contributed by atoms with Gasteiger partial charge in [-0.15, -0.1) is 0 Å². The molecule has 0 bridgehead atoms. The van der Waals surface area contributed by atoms with Crippen molar-refractivity contribution in [2.24, 2.45) is 5.92 Å². The van der Waals surface area contributed by atoms with Gasteiger partial charge in [-0.25, -0.2) is 13.6 Å². The van der Waals surface area contributed by atoms with Crippen LogP contribution in [0.5, 0.6) is 5.88 Å². The van der Waals surface area contributed by atoms with Crippen LogP contribution in [0.2, 0.25) is 0 Å². The Morgan fingerprint density at radius 2 is 2.03 bits per heavy atom. The molecule has 0 spiro atoms. The predicted octanol–water partition coefficient (Wildman–Crippen LogP) is 4.89. The predicted molar refractivity (Wildman–Crippen MR) is 109 cm³/mol. The van der Waals surface area contributed by atoms with Crippen molar-refractivity contribution in [2.75, 3.05) is 5.32 Å². The molecule has 0 saturated heterocycles. The Morgan fingerprint density at radius 3 is 2.72 bits per heavy atom. The van der Waals surface area contributed by atoms with Gasteiger partial charge in [0, 0.05) is 6.07 Å². The van der Waals surface area contributed by atoms with Crippen LogP contribution in [0, 0.1) is 17.6 Å². The standard InChI is InChI=1S/C22H29F2N3O2/c1-4-9-22(10-8-15(3)5-2)14-27-19(26-22)12-20(25-21(27)28)29-13-16-6-7-17(23)18(24)11-16/h6-7,11-12,15,26H,4-5,8-10,13-14H2,1-3H3. The number of benzene rings is 1. The molecule has 0 saturated carbocycles. The van der Waals surface area contributed by atoms with E-state index in [2.05, 4.69) is 31.1 Å². The molecule has 29 heavy (non-hydrogen) atoms. The molecule has 1 N–H and O–H groups in total. The van der Waals surface area contributed by atoms with Gasteiger partial charge in [-0.05, 0) is 42.9 Å². The summed E-state index contributed by atoms with van der Waals surface area (Å²) in [5, 5.41) is 3.56. The van der Waals surface area contributed by atoms with Gasteiger partial charge < -0.3 is 10.1 Å². The minimum absolute atomic E-state index is 0.00120. The van der Waals surface area contributed by atoms with E-state index in [9.17, 15) is 13.6 Å². The minimum atomic E-state index is -0.930. The molecule has 2 unspecified atom stereocenters. The van der Waals surface area contributed by atoms with Crippen LogP contribution >= 0.6 is 0 Å². The number of ether oxygens (including phenoxy) is 1. The van der Waals surface area contributed by atoms with Crippen LogP contribution in [0.3, 0.4) is 0 Å². The zero-order valence-corrected chi connectivity index (χ0v) is 17.3. The fourth-order valence-electron chi connectivity index (χ4n) is 3.83. The molecule has 0 amide bonds. The summed E-state index contributed by atoms with van der Waals surface area (Å²) in [5.41, 5.74) is -0.0463. The summed E-state index contributed by atoms with van der Waals surface area (Å²) in [7, 11) is 0. The highest BCUT2D eigenvalue weighted by Gasteiger charge is 2.37. The first kappa shape index (κ1) is 21.3. The number of hydrogen-bond acceptors (Lipinski definition) is 4. The fraction of sp³-hybridized carbons (Fsp3) is 0.545. The number of hydrogen-bond donors (Lipinski definition) is 1. The molecule has 1 aromatic heterocycles. The van der Waals surface area contributed by atoms with Gasteiger partial charge in [-0.3, -0.25) is 4.57 Å². The van der Waals surface area contributed by atoms with E-state index in [4.69, 9.17) is 4.74 Å². The molecule has 2 aromatic rings. The number of nitrogens with zero attached hydrogens (tertiary/aromatic N) is 2. The van der Waals surface area contributed by atoms with E-state index in [1.165, 1.54) is 6.07 Å². The molecule has 158 valence electrons. The topological polar surface area (TPSA) is 56.2 Å². The van der Waals surface area contributed by atoms with Crippen molar-refractivity contribution in [3.8, 4) is 5.88 Å². The average Bonchev–Trinajstić information content (AvgIpc) is 3.06. The van der Waals surface area contributed by atoms with Gasteiger partial charge in [0.2, 0.25) is 5.88 Å². The maximum absolute atomic E-state index is 13.4. The van der Waals surface area contributed by atoms with Crippen LogP contribution in [-0.4, -0.2) is 15.1 Å². The molecular weight excluding hydrogens is 376 g/mol. The third-order valence-corrected chi connectivity index (χ3v) is 5.75. The summed E-state index contributed by atoms with van der Waals surface area (Å²) < 4.78 is 33.7. The first-order chi connectivity index (χ1) is 13.9. The summed E-state index contributed by atoms with van der Waals surface area (Å²) in [6.45, 7) is 7.19. The number of halogens is 2. The molecule has 2 atom stereocenters. The number of aromatic nitrogens is 2. The first-order valence-electron chi connectivity index (χ1n) is 10.3. The Balaban J connectivity index is 1.74. The monoisotopic (exact) mass is 405 g/mol. The number of nitrogens with one attached hydrogen (secondary N) is 1. The molecule has 0 aliphatic carbocycles. The molecule has 5 nitrogen and oxygen atoms in total. The summed E-state index contributed by atoms with van der Waals surface area (Å²) >= 11 is 0. The van der Waals surface area contributed by atoms with Gasteiger partial charge >= 0.3 is 5.69 Å². The highest BCUT2D eigenvalue weighted by Crippen LogP contribution is 2.35. The summed E-state index contributed by atoms with van der Waals surface area (Å²) in [6.07, 6.45) is 5.21. The maximum atomic E-state index is 13.4. The second-order valence-electron chi connectivity index (χ2n) is 8.09. The van der Waals surface area contributed by atoms with Crippen molar-refractivity contribution in [1.29, 1.82) is 0 Å². The molecule has 0 radical (unpaired) electrons. The van der Waals surface area contributed by atoms with E-state index in [0.29, 0.717) is 23.8 Å². The third kappa shape index (κ3) is 4.95. The lowest BCUT2D eigenvalue weighted by molar-refractivity contribution is 0.290. The Hall–Kier alpha value is -2.44. The van der Waals surface area contributed by atoms with Gasteiger partial charge in [-0.1, -0.05) is 39.7 Å². The van der Waals surface area contributed by atoms with Gasteiger partial charge in [0.25, 0.3) is 0 Å². The van der Waals surface area contributed by atoms with Crippen LogP contribution in [0.15, 0.2) is 29.1 Å². The molecule has 2 heterocycles. The summed E-state index contributed by atoms with van der Waals surface area (Å²) in [4.78, 5) is 16.6. The lowest BCUT2D eigenvalue weighted by Crippen LogP contribution is -2.38. The van der Waals surface area contributed by atoms with Crippen molar-refractivity contribution in [3.63, 3.8) is 0 Å². The number of rotatable bonds is 9. The quantitative estimate of drug-likeness (QED) is 0.645. The lowest BCUT2D eigenvalue weighted by atomic mass is 9.86. The van der Waals surface area contributed by atoms with Crippen molar-refractivity contribution >= 4 is 5.82 Å². The highest BCUT2D eigenvalue weighted by molar-refractivity contribution is 5.45. The Labute approximate surface area is 170 Å². The van der Waals surface area contributed by atoms with Crippen molar-refractivity contribution in [3.05, 3.63) is 51.9 Å². The van der Waals surface area contributed by atoms with Crippen molar-refractivity contribution < 1.29 is 13.5 Å². The molecule has 0 fully saturated rings. The normalized spacial score (nSPS) is 18.9. The van der Waals surface area contributed by atoms with Crippen LogP contribution in [0.25, 0.3) is 0 Å². The van der Waals surface area contributed by atoms with Gasteiger partial charge in [-0.2, -0.15) is 4.98 Å². The minimum Gasteiger partial charge on any atom is -0.473 e. The first-order valence-corrected chi connectivity index (χ1v) is 10.3. The SMILES string of the molecule is CCCC1(CCC(C)CC)Cn2c(cc(OCc3ccc(F)c(F)c3)nc2=O)N1. The van der Waals surface area contributed by atoms with E-state index < -0.39 is 11.6 Å². The van der Waals surface area contributed by atoms with Crippen LogP contribution < -0.4 is 15.7 Å². The maximum Gasteiger partial charge on any atom is 0.352 e. The molecule has 7 heteroatoms. The zero-order valence-electron chi connectivity index (χ0n) is 17.3. The highest BCUT2D eigenvalue weighted by atomic mass is 19.2. The van der Waals surface area contributed by atoms with E-state index in [1.807, 2.05) is 0 Å². The number of anilines is 1. The van der Waals surface area contributed by atoms with Gasteiger partial charge in [0.1, 0.15) is 12.4 Å². The molecule has 1 aliphatic heterocycles. The van der Waals surface area contributed by atoms with Gasteiger partial charge in [0.15, 0.2) is 11.6 Å². The smallest absolute Gasteiger partial charge is 0.352 e. The van der Waals surface area contributed by atoms with Crippen LogP contribution in [0.1, 0.15) is 58.4 Å². The second-order valence-corrected chi connectivity index (χ2v) is 8.09. The average molecular weight is 405 g/mol. The van der Waals surface area contributed by atoms with Crippen LogP contribution in [0.4, 0.5) is 14.6 Å². The largest absolute Gasteiger partial charge is 0.473 e. The molecule has 1 aliphatic rings. The third-order valence-electron chi connectivity index (χ3n) is 5.75. The Kier molecular flexibility index (Phi) is 6.55. The van der Waals surface area contributed by atoms with Crippen molar-refractivity contribution in [2.45, 2.75) is 71.6 Å². The Bertz CT molecular complexity index is 915. The summed E-state index contributed by atoms with van der Waals surface area (Å²) in [5.74, 6) is -0.327. The van der Waals surface area contributed by atoms with E-state index in [1.54, 1.807) is 10.6 Å². The van der Waals surface area contributed by atoms with E-state index in [-0.39, 0.29) is 23.7 Å². The zero-order chi connectivity index (χ0) is 21.0. The van der Waals surface area contributed by atoms with Crippen LogP contribution in [-0.2, 0) is 13.2 Å². The lowest BCUT2D eigenvalue weighted by Gasteiger charge is -2.30. The van der Waals surface area contributed by atoms with E-state index >= 15 is 0 Å². The molecule has 1 aromatic carbocycles. The van der Waals surface area contributed by atoms with E-state index in [0.717, 1.165) is 44.2 Å². The molecular formula is C22H29F2N3O2. The Morgan fingerprint density at radius 1 is 1.24 bits per heavy atom. The number of fused-ring (bicyclic) bond motifs is 1. The van der Waals surface area contributed by atoms with Crippen molar-refractivity contribution in [1.82, 2.24) is 9.55 Å². The molecule has 3 rings (SSSR count). The fourth-order valence-corrected chi connectivity index (χ4v) is 3.83. The second kappa shape index (κ2) is 8.93.